The van der Waals surface area contributed by atoms with Gasteiger partial charge in [-0.3, -0.25) is 24.1 Å². The first-order valence-corrected chi connectivity index (χ1v) is 15.1. The molecule has 1 saturated heterocycles. The van der Waals surface area contributed by atoms with Crippen LogP contribution in [-0.2, 0) is 32.0 Å². The SMILES string of the molecule is CC(C)C[C@H](NC(=O)[C@H](CCc1ccccc1)CC(=O)CN1CCCCC1)C(=O)C[C@@H](Cc1ccccc1)C(=O)O. The Kier molecular flexibility index (Phi) is 13.2. The molecule has 2 aromatic rings. The monoisotopic (exact) mass is 562 g/mol. The van der Waals surface area contributed by atoms with E-state index in [2.05, 4.69) is 10.2 Å². The number of carbonyl (C=O) groups is 4. The van der Waals surface area contributed by atoms with E-state index in [0.29, 0.717) is 25.8 Å². The number of Topliss-reactive ketones (excluding diaryl/α,β-unsaturated/α-hetero) is 2. The number of carbonyl (C=O) groups excluding carboxylic acids is 3. The van der Waals surface area contributed by atoms with Gasteiger partial charge in [0.05, 0.1) is 18.5 Å². The molecule has 1 aliphatic heterocycles. The molecule has 7 nitrogen and oxygen atoms in total. The maximum atomic E-state index is 13.7. The van der Waals surface area contributed by atoms with Crippen LogP contribution in [0.1, 0.15) is 69.9 Å². The standard InChI is InChI=1S/C34H46N2O5/c1-25(2)20-31(32(38)23-29(34(40)41)21-27-14-8-4-9-15-27)35-33(39)28(17-16-26-12-6-3-7-13-26)22-30(37)24-36-18-10-5-11-19-36/h3-4,6-9,12-15,25,28-29,31H,5,10-11,16-24H2,1-2H3,(H,35,39)(H,40,41)/t28-,29-,31+/m1/s1. The van der Waals surface area contributed by atoms with E-state index in [9.17, 15) is 24.3 Å². The van der Waals surface area contributed by atoms with Crippen molar-refractivity contribution in [2.45, 2.75) is 77.7 Å². The molecule has 0 aliphatic carbocycles. The topological polar surface area (TPSA) is 104 Å². The molecule has 0 saturated carbocycles. The van der Waals surface area contributed by atoms with Gasteiger partial charge in [0.15, 0.2) is 5.78 Å². The molecular formula is C34H46N2O5. The summed E-state index contributed by atoms with van der Waals surface area (Å²) in [5.41, 5.74) is 1.94. The van der Waals surface area contributed by atoms with Crippen molar-refractivity contribution in [1.29, 1.82) is 0 Å². The van der Waals surface area contributed by atoms with Gasteiger partial charge < -0.3 is 10.4 Å². The van der Waals surface area contributed by atoms with E-state index >= 15 is 0 Å². The van der Waals surface area contributed by atoms with Gasteiger partial charge in [-0.1, -0.05) is 80.9 Å². The minimum Gasteiger partial charge on any atom is -0.481 e. The normalized spacial score (nSPS) is 16.1. The van der Waals surface area contributed by atoms with Gasteiger partial charge in [0, 0.05) is 18.8 Å². The molecule has 2 N–H and O–H groups in total. The molecule has 41 heavy (non-hydrogen) atoms. The third-order valence-electron chi connectivity index (χ3n) is 7.85. The number of hydrogen-bond acceptors (Lipinski definition) is 5. The summed E-state index contributed by atoms with van der Waals surface area (Å²) >= 11 is 0. The van der Waals surface area contributed by atoms with Crippen LogP contribution in [-0.4, -0.2) is 59.1 Å². The lowest BCUT2D eigenvalue weighted by atomic mass is 9.88. The molecule has 1 amide bonds. The van der Waals surface area contributed by atoms with Gasteiger partial charge in [-0.15, -0.1) is 0 Å². The molecule has 0 aromatic heterocycles. The van der Waals surface area contributed by atoms with E-state index in [-0.39, 0.29) is 42.7 Å². The fourth-order valence-electron chi connectivity index (χ4n) is 5.58. The molecule has 2 aromatic carbocycles. The van der Waals surface area contributed by atoms with Crippen molar-refractivity contribution >= 4 is 23.4 Å². The highest BCUT2D eigenvalue weighted by Crippen LogP contribution is 2.20. The number of carboxylic acid groups (broad SMARTS) is 1. The molecule has 1 fully saturated rings. The molecule has 3 atom stereocenters. The van der Waals surface area contributed by atoms with Crippen LogP contribution in [0, 0.1) is 17.8 Å². The van der Waals surface area contributed by atoms with Crippen molar-refractivity contribution in [3.63, 3.8) is 0 Å². The number of nitrogens with one attached hydrogen (secondary N) is 1. The van der Waals surface area contributed by atoms with Crippen molar-refractivity contribution in [1.82, 2.24) is 10.2 Å². The van der Waals surface area contributed by atoms with Crippen LogP contribution in [0.2, 0.25) is 0 Å². The van der Waals surface area contributed by atoms with Gasteiger partial charge in [0.1, 0.15) is 5.78 Å². The number of hydrogen-bond donors (Lipinski definition) is 2. The van der Waals surface area contributed by atoms with E-state index in [1.807, 2.05) is 74.5 Å². The highest BCUT2D eigenvalue weighted by molar-refractivity contribution is 5.93. The van der Waals surface area contributed by atoms with E-state index < -0.39 is 23.8 Å². The zero-order valence-corrected chi connectivity index (χ0v) is 24.6. The van der Waals surface area contributed by atoms with Crippen LogP contribution < -0.4 is 5.32 Å². The van der Waals surface area contributed by atoms with Crippen LogP contribution in [0.3, 0.4) is 0 Å². The highest BCUT2D eigenvalue weighted by Gasteiger charge is 2.31. The van der Waals surface area contributed by atoms with E-state index in [1.54, 1.807) is 0 Å². The van der Waals surface area contributed by atoms with Gasteiger partial charge in [-0.2, -0.15) is 0 Å². The molecule has 0 radical (unpaired) electrons. The Morgan fingerprint density at radius 1 is 0.829 bits per heavy atom. The number of ketones is 2. The number of aryl methyl sites for hydroxylation is 1. The average molecular weight is 563 g/mol. The highest BCUT2D eigenvalue weighted by atomic mass is 16.4. The second kappa shape index (κ2) is 16.8. The molecular weight excluding hydrogens is 516 g/mol. The third-order valence-corrected chi connectivity index (χ3v) is 7.85. The maximum Gasteiger partial charge on any atom is 0.307 e. The van der Waals surface area contributed by atoms with Gasteiger partial charge >= 0.3 is 5.97 Å². The zero-order chi connectivity index (χ0) is 29.6. The molecule has 7 heteroatoms. The van der Waals surface area contributed by atoms with Crippen LogP contribution in [0.25, 0.3) is 0 Å². The van der Waals surface area contributed by atoms with Crippen LogP contribution in [0.5, 0.6) is 0 Å². The third kappa shape index (κ3) is 11.6. The minimum atomic E-state index is -1.03. The second-order valence-electron chi connectivity index (χ2n) is 11.9. The predicted octanol–water partition coefficient (Wildman–Crippen LogP) is 5.11. The van der Waals surface area contributed by atoms with Gasteiger partial charge in [-0.25, -0.2) is 0 Å². The summed E-state index contributed by atoms with van der Waals surface area (Å²) in [7, 11) is 0. The lowest BCUT2D eigenvalue weighted by molar-refractivity contribution is -0.144. The number of piperidine rings is 1. The first-order chi connectivity index (χ1) is 19.7. The Labute approximate surface area is 244 Å². The fraction of sp³-hybridized carbons (Fsp3) is 0.529. The van der Waals surface area contributed by atoms with Crippen LogP contribution in [0.15, 0.2) is 60.7 Å². The lowest BCUT2D eigenvalue weighted by Gasteiger charge is -2.27. The summed E-state index contributed by atoms with van der Waals surface area (Å²) in [6.07, 6.45) is 5.13. The van der Waals surface area contributed by atoms with E-state index in [0.717, 1.165) is 37.1 Å². The number of aliphatic carboxylic acids is 1. The summed E-state index contributed by atoms with van der Waals surface area (Å²) in [6.45, 7) is 6.11. The quantitative estimate of drug-likeness (QED) is 0.278. The Hall–Kier alpha value is -3.32. The van der Waals surface area contributed by atoms with Crippen molar-refractivity contribution in [3.05, 3.63) is 71.8 Å². The van der Waals surface area contributed by atoms with Crippen LogP contribution in [0.4, 0.5) is 0 Å². The summed E-state index contributed by atoms with van der Waals surface area (Å²) < 4.78 is 0. The molecule has 222 valence electrons. The average Bonchev–Trinajstić information content (AvgIpc) is 2.95. The Bertz CT molecular complexity index is 1110. The molecule has 1 heterocycles. The van der Waals surface area contributed by atoms with E-state index in [4.69, 9.17) is 0 Å². The smallest absolute Gasteiger partial charge is 0.307 e. The summed E-state index contributed by atoms with van der Waals surface area (Å²) in [6, 6.07) is 18.3. The van der Waals surface area contributed by atoms with Crippen molar-refractivity contribution < 1.29 is 24.3 Å². The largest absolute Gasteiger partial charge is 0.481 e. The number of benzene rings is 2. The molecule has 1 aliphatic rings. The fourth-order valence-corrected chi connectivity index (χ4v) is 5.58. The summed E-state index contributed by atoms with van der Waals surface area (Å²) in [4.78, 5) is 54.4. The Morgan fingerprint density at radius 2 is 1.44 bits per heavy atom. The predicted molar refractivity (Wildman–Crippen MR) is 160 cm³/mol. The maximum absolute atomic E-state index is 13.7. The molecule has 0 unspecified atom stereocenters. The van der Waals surface area contributed by atoms with E-state index in [1.165, 1.54) is 6.42 Å². The van der Waals surface area contributed by atoms with Gasteiger partial charge in [0.25, 0.3) is 0 Å². The number of rotatable bonds is 17. The van der Waals surface area contributed by atoms with Crippen molar-refractivity contribution in [2.75, 3.05) is 19.6 Å². The zero-order valence-electron chi connectivity index (χ0n) is 24.6. The van der Waals surface area contributed by atoms with Crippen molar-refractivity contribution in [3.8, 4) is 0 Å². The van der Waals surface area contributed by atoms with Crippen LogP contribution >= 0.6 is 0 Å². The Balaban J connectivity index is 1.70. The second-order valence-corrected chi connectivity index (χ2v) is 11.9. The first kappa shape index (κ1) is 32.2. The van der Waals surface area contributed by atoms with Gasteiger partial charge in [0.2, 0.25) is 5.91 Å². The number of nitrogens with zero attached hydrogens (tertiary/aromatic N) is 1. The summed E-state index contributed by atoms with van der Waals surface area (Å²) in [5, 5.41) is 12.8. The lowest BCUT2D eigenvalue weighted by Crippen LogP contribution is -2.46. The molecule has 0 spiro atoms. The molecule has 0 bridgehead atoms. The number of amides is 1. The Morgan fingerprint density at radius 3 is 2.02 bits per heavy atom. The van der Waals surface area contributed by atoms with Crippen molar-refractivity contribution in [2.24, 2.45) is 17.8 Å². The number of likely N-dealkylation sites (tertiary alicyclic amines) is 1. The minimum absolute atomic E-state index is 0.0423. The molecule has 3 rings (SSSR count). The van der Waals surface area contributed by atoms with Gasteiger partial charge in [-0.05, 0) is 68.7 Å². The number of carboxylic acids is 1. The summed E-state index contributed by atoms with van der Waals surface area (Å²) in [5.74, 6) is -2.89. The first-order valence-electron chi connectivity index (χ1n) is 15.1.